The van der Waals surface area contributed by atoms with Crippen LogP contribution < -0.4 is 20.5 Å². The highest BCUT2D eigenvalue weighted by Crippen LogP contribution is 2.30. The van der Waals surface area contributed by atoms with Crippen molar-refractivity contribution in [1.82, 2.24) is 5.32 Å². The van der Waals surface area contributed by atoms with E-state index in [0.717, 1.165) is 11.6 Å². The van der Waals surface area contributed by atoms with Gasteiger partial charge in [-0.1, -0.05) is 42.8 Å². The quantitative estimate of drug-likeness (QED) is 0.524. The number of halogens is 2. The lowest BCUT2D eigenvalue weighted by atomic mass is 10.1. The molecule has 31 heavy (non-hydrogen) atoms. The van der Waals surface area contributed by atoms with Gasteiger partial charge in [-0.3, -0.25) is 4.79 Å². The first-order valence-corrected chi connectivity index (χ1v) is 9.84. The van der Waals surface area contributed by atoms with E-state index in [-0.39, 0.29) is 17.9 Å². The van der Waals surface area contributed by atoms with Gasteiger partial charge in [0.15, 0.2) is 0 Å². The van der Waals surface area contributed by atoms with E-state index in [1.54, 1.807) is 37.3 Å². The molecule has 3 aromatic rings. The highest BCUT2D eigenvalue weighted by Gasteiger charge is 2.18. The molecule has 2 amide bonds. The molecule has 3 aromatic carbocycles. The summed E-state index contributed by atoms with van der Waals surface area (Å²) in [4.78, 5) is 23.8. The van der Waals surface area contributed by atoms with Crippen molar-refractivity contribution in [2.75, 3.05) is 0 Å². The van der Waals surface area contributed by atoms with Gasteiger partial charge >= 0.3 is 6.09 Å². The number of hydrogen-bond donors (Lipinski definition) is 2. The molecule has 0 aromatic heterocycles. The molecule has 0 fully saturated rings. The summed E-state index contributed by atoms with van der Waals surface area (Å²) in [5.41, 5.74) is 6.07. The van der Waals surface area contributed by atoms with Crippen LogP contribution in [0.4, 0.5) is 9.18 Å². The van der Waals surface area contributed by atoms with Crippen molar-refractivity contribution in [2.45, 2.75) is 19.9 Å². The Morgan fingerprint density at radius 3 is 2.48 bits per heavy atom. The summed E-state index contributed by atoms with van der Waals surface area (Å²) >= 11 is 6.21. The summed E-state index contributed by atoms with van der Waals surface area (Å²) in [6, 6.07) is 16.6. The van der Waals surface area contributed by atoms with Crippen LogP contribution in [0, 0.1) is 5.82 Å². The topological polar surface area (TPSA) is 90.7 Å². The summed E-state index contributed by atoms with van der Waals surface area (Å²) in [6.45, 7) is 1.88. The maximum atomic E-state index is 14.1. The number of aryl methyl sites for hydroxylation is 1. The Balaban J connectivity index is 1.78. The van der Waals surface area contributed by atoms with Crippen molar-refractivity contribution in [3.05, 3.63) is 88.2 Å². The first-order valence-electron chi connectivity index (χ1n) is 9.46. The molecule has 6 nitrogen and oxygen atoms in total. The van der Waals surface area contributed by atoms with E-state index >= 15 is 0 Å². The molecule has 3 N–H and O–H groups in total. The first kappa shape index (κ1) is 22.1. The number of carbonyl (C=O) groups excluding carboxylic acids is 2. The minimum atomic E-state index is -1.14. The van der Waals surface area contributed by atoms with Crippen LogP contribution in [0.15, 0.2) is 60.7 Å². The van der Waals surface area contributed by atoms with Crippen LogP contribution in [0.3, 0.4) is 0 Å². The lowest BCUT2D eigenvalue weighted by Gasteiger charge is -2.13. The van der Waals surface area contributed by atoms with Crippen molar-refractivity contribution < 1.29 is 23.5 Å². The summed E-state index contributed by atoms with van der Waals surface area (Å²) in [5.74, 6) is -0.323. The van der Waals surface area contributed by atoms with E-state index in [1.807, 2.05) is 18.2 Å². The fraction of sp³-hybridized carbons (Fsp3) is 0.130. The third-order valence-electron chi connectivity index (χ3n) is 4.40. The Morgan fingerprint density at radius 2 is 1.81 bits per heavy atom. The minimum Gasteiger partial charge on any atom is -0.456 e. The van der Waals surface area contributed by atoms with Crippen molar-refractivity contribution in [2.24, 2.45) is 5.73 Å². The number of nitrogens with two attached hydrogens (primary N) is 1. The monoisotopic (exact) mass is 442 g/mol. The van der Waals surface area contributed by atoms with Crippen LogP contribution in [0.2, 0.25) is 5.02 Å². The van der Waals surface area contributed by atoms with Crippen molar-refractivity contribution in [3.63, 3.8) is 0 Å². The molecular formula is C23H20ClFN2O4. The molecule has 0 atom stereocenters. The number of carbonyl (C=O) groups is 2. The SMILES string of the molecule is CCc1cc(C(=O)NCc2ccc(Cl)c(Oc3ccccc3)c2)c(OC(N)=O)cc1F. The minimum absolute atomic E-state index is 0.00627. The van der Waals surface area contributed by atoms with Gasteiger partial charge in [0, 0.05) is 12.6 Å². The molecular weight excluding hydrogens is 423 g/mol. The normalized spacial score (nSPS) is 10.4. The van der Waals surface area contributed by atoms with Gasteiger partial charge in [0.25, 0.3) is 5.91 Å². The average Bonchev–Trinajstić information content (AvgIpc) is 2.74. The Bertz CT molecular complexity index is 1110. The molecule has 0 saturated carbocycles. The number of benzene rings is 3. The molecule has 0 saturated heterocycles. The molecule has 0 aliphatic carbocycles. The summed E-state index contributed by atoms with van der Waals surface area (Å²) in [7, 11) is 0. The van der Waals surface area contributed by atoms with E-state index in [9.17, 15) is 14.0 Å². The molecule has 0 spiro atoms. The third-order valence-corrected chi connectivity index (χ3v) is 4.72. The molecule has 8 heteroatoms. The molecule has 3 rings (SSSR count). The number of rotatable bonds is 7. The third kappa shape index (κ3) is 5.73. The van der Waals surface area contributed by atoms with Gasteiger partial charge in [-0.25, -0.2) is 9.18 Å². The number of primary amides is 1. The van der Waals surface area contributed by atoms with Crippen LogP contribution in [-0.4, -0.2) is 12.0 Å². The zero-order valence-corrected chi connectivity index (χ0v) is 17.4. The zero-order chi connectivity index (χ0) is 22.4. The van der Waals surface area contributed by atoms with Gasteiger partial charge in [-0.05, 0) is 47.9 Å². The van der Waals surface area contributed by atoms with Crippen molar-refractivity contribution >= 4 is 23.6 Å². The first-order chi connectivity index (χ1) is 14.9. The van der Waals surface area contributed by atoms with Gasteiger partial charge in [0.2, 0.25) is 0 Å². The van der Waals surface area contributed by atoms with E-state index < -0.39 is 17.8 Å². The van der Waals surface area contributed by atoms with Gasteiger partial charge in [0.05, 0.1) is 10.6 Å². The Morgan fingerprint density at radius 1 is 1.06 bits per heavy atom. The number of ether oxygens (including phenoxy) is 2. The maximum absolute atomic E-state index is 14.1. The maximum Gasteiger partial charge on any atom is 0.409 e. The Kier molecular flexibility index (Phi) is 7.10. The Labute approximate surface area is 183 Å². The largest absolute Gasteiger partial charge is 0.456 e. The second-order valence-electron chi connectivity index (χ2n) is 6.58. The second kappa shape index (κ2) is 9.95. The Hall–Kier alpha value is -3.58. The smallest absolute Gasteiger partial charge is 0.409 e. The standard InChI is InChI=1S/C23H20ClFN2O4/c1-2-15-11-17(20(12-19(15)25)31-23(26)29)22(28)27-13-14-8-9-18(24)21(10-14)30-16-6-4-3-5-7-16/h3-12H,2,13H2,1H3,(H2,26,29)(H,27,28). The van der Waals surface area contributed by atoms with Gasteiger partial charge in [-0.15, -0.1) is 0 Å². The fourth-order valence-electron chi connectivity index (χ4n) is 2.87. The lowest BCUT2D eigenvalue weighted by Crippen LogP contribution is -2.25. The number of nitrogens with one attached hydrogen (secondary N) is 1. The van der Waals surface area contributed by atoms with Crippen molar-refractivity contribution in [1.29, 1.82) is 0 Å². The molecule has 0 unspecified atom stereocenters. The highest BCUT2D eigenvalue weighted by molar-refractivity contribution is 6.32. The molecule has 0 bridgehead atoms. The second-order valence-corrected chi connectivity index (χ2v) is 6.98. The van der Waals surface area contributed by atoms with Crippen LogP contribution >= 0.6 is 11.6 Å². The number of para-hydroxylation sites is 1. The van der Waals surface area contributed by atoms with Crippen LogP contribution in [-0.2, 0) is 13.0 Å². The van der Waals surface area contributed by atoms with Gasteiger partial charge in [-0.2, -0.15) is 0 Å². The van der Waals surface area contributed by atoms with Crippen molar-refractivity contribution in [3.8, 4) is 17.2 Å². The average molecular weight is 443 g/mol. The zero-order valence-electron chi connectivity index (χ0n) is 16.7. The molecule has 160 valence electrons. The predicted octanol–water partition coefficient (Wildman–Crippen LogP) is 5.22. The van der Waals surface area contributed by atoms with Crippen LogP contribution in [0.1, 0.15) is 28.4 Å². The fourth-order valence-corrected chi connectivity index (χ4v) is 3.03. The molecule has 0 radical (unpaired) electrons. The number of hydrogen-bond acceptors (Lipinski definition) is 4. The predicted molar refractivity (Wildman–Crippen MR) is 115 cm³/mol. The molecule has 0 heterocycles. The lowest BCUT2D eigenvalue weighted by molar-refractivity contribution is 0.0948. The van der Waals surface area contributed by atoms with Crippen LogP contribution in [0.5, 0.6) is 17.2 Å². The summed E-state index contributed by atoms with van der Waals surface area (Å²) < 4.78 is 24.7. The summed E-state index contributed by atoms with van der Waals surface area (Å²) in [5, 5.41) is 3.14. The van der Waals surface area contributed by atoms with E-state index in [2.05, 4.69) is 5.32 Å². The molecule has 0 aliphatic heterocycles. The van der Waals surface area contributed by atoms with Gasteiger partial charge < -0.3 is 20.5 Å². The van der Waals surface area contributed by atoms with Gasteiger partial charge in [0.1, 0.15) is 23.1 Å². The summed E-state index contributed by atoms with van der Waals surface area (Å²) in [6.07, 6.45) is -0.779. The highest BCUT2D eigenvalue weighted by atomic mass is 35.5. The van der Waals surface area contributed by atoms with E-state index in [1.165, 1.54) is 6.07 Å². The van der Waals surface area contributed by atoms with E-state index in [4.69, 9.17) is 26.8 Å². The van der Waals surface area contributed by atoms with E-state index in [0.29, 0.717) is 28.5 Å². The van der Waals surface area contributed by atoms with Crippen LogP contribution in [0.25, 0.3) is 0 Å². The number of amides is 2. The molecule has 0 aliphatic rings.